The molecule has 0 saturated carbocycles. The van der Waals surface area contributed by atoms with Crippen LogP contribution in [0.4, 0.5) is 0 Å². The van der Waals surface area contributed by atoms with E-state index >= 15 is 0 Å². The number of hydrogen-bond donors (Lipinski definition) is 1. The molecular weight excluding hydrogens is 272 g/mol. The van der Waals surface area contributed by atoms with Gasteiger partial charge in [-0.2, -0.15) is 0 Å². The van der Waals surface area contributed by atoms with Crippen LogP contribution >= 0.6 is 0 Å². The molecule has 1 saturated heterocycles. The average molecular weight is 286 g/mol. The molecule has 0 bridgehead atoms. The van der Waals surface area contributed by atoms with E-state index in [9.17, 15) is 13.2 Å². The van der Waals surface area contributed by atoms with Crippen LogP contribution in [0, 0.1) is 0 Å². The predicted octanol–water partition coefficient (Wildman–Crippen LogP) is 0.269. The summed E-state index contributed by atoms with van der Waals surface area (Å²) in [6, 6.07) is 0. The lowest BCUT2D eigenvalue weighted by atomic mass is 10.2. The zero-order valence-corrected chi connectivity index (χ0v) is 11.0. The number of nitrogens with zero attached hydrogens (tertiary/aromatic N) is 2. The molecular formula is C11H14N2O5S. The maximum absolute atomic E-state index is 12.0. The standard InChI is InChI=1S/C11H14N2O5S/c14-11(15)9-4-12-7-13-10(9)6-19(16,17)5-8-2-1-3-18-8/h4,7-8H,1-3,5-6H2,(H,14,15). The fourth-order valence-corrected chi connectivity index (χ4v) is 3.57. The second kappa shape index (κ2) is 5.62. The molecule has 8 heteroatoms. The lowest BCUT2D eigenvalue weighted by Gasteiger charge is -2.10. The van der Waals surface area contributed by atoms with Gasteiger partial charge in [0.15, 0.2) is 9.84 Å². The maximum Gasteiger partial charge on any atom is 0.339 e. The lowest BCUT2D eigenvalue weighted by Crippen LogP contribution is -2.22. The first-order valence-corrected chi connectivity index (χ1v) is 7.64. The highest BCUT2D eigenvalue weighted by Crippen LogP contribution is 2.17. The van der Waals surface area contributed by atoms with Crippen molar-refractivity contribution in [1.82, 2.24) is 9.97 Å². The molecule has 1 aliphatic heterocycles. The molecule has 1 fully saturated rings. The largest absolute Gasteiger partial charge is 0.478 e. The molecule has 0 radical (unpaired) electrons. The zero-order chi connectivity index (χ0) is 13.9. The quantitative estimate of drug-likeness (QED) is 0.827. The molecule has 1 aromatic rings. The van der Waals surface area contributed by atoms with Crippen LogP contribution in [0.15, 0.2) is 12.5 Å². The second-order valence-electron chi connectivity index (χ2n) is 4.38. The minimum Gasteiger partial charge on any atom is -0.478 e. The monoisotopic (exact) mass is 286 g/mol. The van der Waals surface area contributed by atoms with E-state index in [1.807, 2.05) is 0 Å². The molecule has 0 aromatic carbocycles. The van der Waals surface area contributed by atoms with Crippen molar-refractivity contribution in [2.75, 3.05) is 12.4 Å². The van der Waals surface area contributed by atoms with E-state index in [1.54, 1.807) is 0 Å². The van der Waals surface area contributed by atoms with Gasteiger partial charge in [-0.25, -0.2) is 23.2 Å². The van der Waals surface area contributed by atoms with Gasteiger partial charge in [0.1, 0.15) is 11.9 Å². The summed E-state index contributed by atoms with van der Waals surface area (Å²) in [6.07, 6.45) is 3.53. The van der Waals surface area contributed by atoms with Gasteiger partial charge in [0, 0.05) is 12.8 Å². The number of hydrogen-bond acceptors (Lipinski definition) is 6. The minimum atomic E-state index is -3.45. The molecule has 1 N–H and O–H groups in total. The number of ether oxygens (including phenoxy) is 1. The van der Waals surface area contributed by atoms with Crippen molar-refractivity contribution in [3.8, 4) is 0 Å². The van der Waals surface area contributed by atoms with Gasteiger partial charge in [0.2, 0.25) is 0 Å². The number of carbonyl (C=O) groups is 1. The summed E-state index contributed by atoms with van der Waals surface area (Å²) in [6.45, 7) is 0.577. The SMILES string of the molecule is O=C(O)c1cncnc1CS(=O)(=O)CC1CCCO1. The van der Waals surface area contributed by atoms with Crippen molar-refractivity contribution in [2.45, 2.75) is 24.7 Å². The van der Waals surface area contributed by atoms with E-state index in [4.69, 9.17) is 9.84 Å². The highest BCUT2D eigenvalue weighted by molar-refractivity contribution is 7.90. The maximum atomic E-state index is 12.0. The molecule has 0 aliphatic carbocycles. The van der Waals surface area contributed by atoms with Gasteiger partial charge < -0.3 is 9.84 Å². The number of rotatable bonds is 5. The predicted molar refractivity (Wildman–Crippen MR) is 65.5 cm³/mol. The number of carboxylic acids is 1. The average Bonchev–Trinajstić information content (AvgIpc) is 2.80. The van der Waals surface area contributed by atoms with Crippen LogP contribution in [-0.2, 0) is 20.3 Å². The zero-order valence-electron chi connectivity index (χ0n) is 10.2. The highest BCUT2D eigenvalue weighted by atomic mass is 32.2. The molecule has 1 aromatic heterocycles. The van der Waals surface area contributed by atoms with E-state index in [0.29, 0.717) is 6.61 Å². The Morgan fingerprint density at radius 2 is 2.32 bits per heavy atom. The van der Waals surface area contributed by atoms with E-state index in [2.05, 4.69) is 9.97 Å². The molecule has 0 amide bonds. The molecule has 2 heterocycles. The Kier molecular flexibility index (Phi) is 4.11. The highest BCUT2D eigenvalue weighted by Gasteiger charge is 2.25. The third kappa shape index (κ3) is 3.71. The van der Waals surface area contributed by atoms with Crippen LogP contribution in [0.3, 0.4) is 0 Å². The summed E-state index contributed by atoms with van der Waals surface area (Å²) in [5.74, 6) is -1.74. The topological polar surface area (TPSA) is 106 Å². The number of sulfone groups is 1. The van der Waals surface area contributed by atoms with E-state index in [1.165, 1.54) is 0 Å². The molecule has 0 spiro atoms. The summed E-state index contributed by atoms with van der Waals surface area (Å²) in [5, 5.41) is 8.95. The Labute approximate surface area is 110 Å². The minimum absolute atomic E-state index is 0.0143. The second-order valence-corrected chi connectivity index (χ2v) is 6.49. The van der Waals surface area contributed by atoms with E-state index in [0.717, 1.165) is 25.4 Å². The Morgan fingerprint density at radius 1 is 1.53 bits per heavy atom. The van der Waals surface area contributed by atoms with Crippen LogP contribution in [0.1, 0.15) is 28.9 Å². The Morgan fingerprint density at radius 3 is 2.95 bits per heavy atom. The van der Waals surface area contributed by atoms with Crippen molar-refractivity contribution < 1.29 is 23.1 Å². The normalized spacial score (nSPS) is 19.5. The van der Waals surface area contributed by atoms with E-state index in [-0.39, 0.29) is 23.1 Å². The van der Waals surface area contributed by atoms with Gasteiger partial charge in [0.05, 0.1) is 23.3 Å². The lowest BCUT2D eigenvalue weighted by molar-refractivity contribution is 0.0695. The van der Waals surface area contributed by atoms with Gasteiger partial charge in [-0.3, -0.25) is 0 Å². The Balaban J connectivity index is 2.13. The molecule has 19 heavy (non-hydrogen) atoms. The first-order chi connectivity index (χ1) is 8.98. The molecule has 2 rings (SSSR count). The smallest absolute Gasteiger partial charge is 0.339 e. The summed E-state index contributed by atoms with van der Waals surface area (Å²) in [5.41, 5.74) is -0.168. The van der Waals surface area contributed by atoms with Crippen LogP contribution in [-0.4, -0.2) is 47.9 Å². The molecule has 1 aliphatic rings. The Bertz CT molecular complexity index is 566. The fourth-order valence-electron chi connectivity index (χ4n) is 1.97. The summed E-state index contributed by atoms with van der Waals surface area (Å²) in [7, 11) is -3.45. The van der Waals surface area contributed by atoms with Gasteiger partial charge in [0.25, 0.3) is 0 Å². The Hall–Kier alpha value is -1.54. The first-order valence-electron chi connectivity index (χ1n) is 5.82. The summed E-state index contributed by atoms with van der Waals surface area (Å²) < 4.78 is 29.3. The third-order valence-corrected chi connectivity index (χ3v) is 4.44. The van der Waals surface area contributed by atoms with E-state index < -0.39 is 21.6 Å². The number of carboxylic acid groups (broad SMARTS) is 1. The van der Waals surface area contributed by atoms with Crippen LogP contribution in [0.25, 0.3) is 0 Å². The van der Waals surface area contributed by atoms with Gasteiger partial charge in [-0.15, -0.1) is 0 Å². The molecule has 1 unspecified atom stereocenters. The van der Waals surface area contributed by atoms with Gasteiger partial charge >= 0.3 is 5.97 Å². The van der Waals surface area contributed by atoms with Crippen molar-refractivity contribution in [2.24, 2.45) is 0 Å². The third-order valence-electron chi connectivity index (χ3n) is 2.85. The van der Waals surface area contributed by atoms with Crippen LogP contribution < -0.4 is 0 Å². The summed E-state index contributed by atoms with van der Waals surface area (Å²) in [4.78, 5) is 18.3. The summed E-state index contributed by atoms with van der Waals surface area (Å²) >= 11 is 0. The first kappa shape index (κ1) is 13.9. The molecule has 7 nitrogen and oxygen atoms in total. The fraction of sp³-hybridized carbons (Fsp3) is 0.545. The van der Waals surface area contributed by atoms with Gasteiger partial charge in [-0.05, 0) is 12.8 Å². The molecule has 104 valence electrons. The van der Waals surface area contributed by atoms with Crippen molar-refractivity contribution >= 4 is 15.8 Å². The van der Waals surface area contributed by atoms with Crippen LogP contribution in [0.2, 0.25) is 0 Å². The van der Waals surface area contributed by atoms with Crippen molar-refractivity contribution in [3.05, 3.63) is 23.8 Å². The van der Waals surface area contributed by atoms with Crippen molar-refractivity contribution in [1.29, 1.82) is 0 Å². The van der Waals surface area contributed by atoms with Gasteiger partial charge in [-0.1, -0.05) is 0 Å². The van der Waals surface area contributed by atoms with Crippen molar-refractivity contribution in [3.63, 3.8) is 0 Å². The number of aromatic carboxylic acids is 1. The molecule has 1 atom stereocenters. The number of aromatic nitrogens is 2. The van der Waals surface area contributed by atoms with Crippen LogP contribution in [0.5, 0.6) is 0 Å².